The fourth-order valence-corrected chi connectivity index (χ4v) is 1.16. The highest BCUT2D eigenvalue weighted by Crippen LogP contribution is 2.15. The monoisotopic (exact) mass is 233 g/mol. The lowest BCUT2D eigenvalue weighted by Gasteiger charge is -2.02. The Morgan fingerprint density at radius 1 is 1.47 bits per heavy atom. The Balaban J connectivity index is 3.04. The number of esters is 1. The van der Waals surface area contributed by atoms with Gasteiger partial charge in [-0.3, -0.25) is 4.79 Å². The number of benzene rings is 1. The van der Waals surface area contributed by atoms with Gasteiger partial charge in [0.05, 0.1) is 18.2 Å². The Hall–Kier alpha value is -2.48. The van der Waals surface area contributed by atoms with Crippen LogP contribution in [0.4, 0.5) is 5.69 Å². The van der Waals surface area contributed by atoms with Gasteiger partial charge in [0, 0.05) is 5.69 Å². The van der Waals surface area contributed by atoms with Crippen molar-refractivity contribution in [2.75, 3.05) is 12.8 Å². The summed E-state index contributed by atoms with van der Waals surface area (Å²) in [5.41, 5.74) is 6.12. The SMILES string of the molecule is COC(=O)CC#Cc1c(N)cccc1C(=O)O. The van der Waals surface area contributed by atoms with Gasteiger partial charge in [-0.1, -0.05) is 17.9 Å². The molecule has 0 spiro atoms. The number of nitrogens with two attached hydrogens (primary N) is 1. The maximum absolute atomic E-state index is 10.9. The number of carboxylic acid groups (broad SMARTS) is 1. The molecule has 0 radical (unpaired) electrons. The predicted octanol–water partition coefficient (Wildman–Crippen LogP) is 0.882. The molecule has 1 aromatic rings. The third-order valence-electron chi connectivity index (χ3n) is 2.00. The minimum atomic E-state index is -1.11. The number of carbonyl (C=O) groups excluding carboxylic acids is 1. The number of carboxylic acids is 1. The number of hydrogen-bond donors (Lipinski definition) is 2. The zero-order valence-electron chi connectivity index (χ0n) is 9.19. The predicted molar refractivity (Wildman–Crippen MR) is 61.3 cm³/mol. The molecule has 3 N–H and O–H groups in total. The van der Waals surface area contributed by atoms with Crippen molar-refractivity contribution in [3.63, 3.8) is 0 Å². The lowest BCUT2D eigenvalue weighted by Crippen LogP contribution is -2.03. The van der Waals surface area contributed by atoms with Crippen LogP contribution in [0.5, 0.6) is 0 Å². The standard InChI is InChI=1S/C12H11NO4/c1-17-11(14)7-3-4-8-9(12(15)16)5-2-6-10(8)13/h2,5-6H,7,13H2,1H3,(H,15,16). The van der Waals surface area contributed by atoms with Crippen molar-refractivity contribution in [3.8, 4) is 11.8 Å². The van der Waals surface area contributed by atoms with Crippen molar-refractivity contribution >= 4 is 17.6 Å². The van der Waals surface area contributed by atoms with E-state index in [2.05, 4.69) is 16.6 Å². The lowest BCUT2D eigenvalue weighted by molar-refractivity contribution is -0.139. The van der Waals surface area contributed by atoms with Crippen LogP contribution in [0.3, 0.4) is 0 Å². The summed E-state index contributed by atoms with van der Waals surface area (Å²) in [7, 11) is 1.25. The molecule has 0 fully saturated rings. The number of aromatic carboxylic acids is 1. The van der Waals surface area contributed by atoms with Gasteiger partial charge in [-0.05, 0) is 12.1 Å². The maximum atomic E-state index is 10.9. The molecule has 5 nitrogen and oxygen atoms in total. The Morgan fingerprint density at radius 3 is 2.76 bits per heavy atom. The number of hydrogen-bond acceptors (Lipinski definition) is 4. The summed E-state index contributed by atoms with van der Waals surface area (Å²) in [4.78, 5) is 21.7. The van der Waals surface area contributed by atoms with Crippen molar-refractivity contribution in [2.45, 2.75) is 6.42 Å². The van der Waals surface area contributed by atoms with E-state index in [1.54, 1.807) is 6.07 Å². The van der Waals surface area contributed by atoms with Crippen molar-refractivity contribution in [1.29, 1.82) is 0 Å². The second kappa shape index (κ2) is 5.56. The van der Waals surface area contributed by atoms with Gasteiger partial charge >= 0.3 is 11.9 Å². The molecule has 0 bridgehead atoms. The van der Waals surface area contributed by atoms with Crippen LogP contribution < -0.4 is 5.73 Å². The van der Waals surface area contributed by atoms with Crippen LogP contribution in [0.25, 0.3) is 0 Å². The molecule has 0 aliphatic heterocycles. The summed E-state index contributed by atoms with van der Waals surface area (Å²) in [5, 5.41) is 8.93. The van der Waals surface area contributed by atoms with Crippen LogP contribution >= 0.6 is 0 Å². The van der Waals surface area contributed by atoms with Gasteiger partial charge in [0.1, 0.15) is 6.42 Å². The van der Waals surface area contributed by atoms with E-state index in [1.165, 1.54) is 19.2 Å². The van der Waals surface area contributed by atoms with Crippen molar-refractivity contribution in [1.82, 2.24) is 0 Å². The second-order valence-electron chi connectivity index (χ2n) is 3.13. The van der Waals surface area contributed by atoms with Gasteiger partial charge in [0.25, 0.3) is 0 Å². The van der Waals surface area contributed by atoms with E-state index in [0.29, 0.717) is 0 Å². The fraction of sp³-hybridized carbons (Fsp3) is 0.167. The zero-order chi connectivity index (χ0) is 12.8. The molecule has 0 atom stereocenters. The van der Waals surface area contributed by atoms with E-state index < -0.39 is 11.9 Å². The van der Waals surface area contributed by atoms with E-state index in [1.807, 2.05) is 0 Å². The van der Waals surface area contributed by atoms with E-state index in [-0.39, 0.29) is 23.2 Å². The molecular weight excluding hydrogens is 222 g/mol. The molecule has 17 heavy (non-hydrogen) atoms. The first kappa shape index (κ1) is 12.6. The van der Waals surface area contributed by atoms with Gasteiger partial charge in [0.15, 0.2) is 0 Å². The topological polar surface area (TPSA) is 89.6 Å². The van der Waals surface area contributed by atoms with E-state index in [9.17, 15) is 9.59 Å². The molecule has 0 heterocycles. The van der Waals surface area contributed by atoms with Crippen LogP contribution in [0.15, 0.2) is 18.2 Å². The quantitative estimate of drug-likeness (QED) is 0.449. The summed E-state index contributed by atoms with van der Waals surface area (Å²) >= 11 is 0. The Kier molecular flexibility index (Phi) is 4.12. The van der Waals surface area contributed by atoms with Crippen molar-refractivity contribution < 1.29 is 19.4 Å². The van der Waals surface area contributed by atoms with Crippen LogP contribution in [-0.2, 0) is 9.53 Å². The average Bonchev–Trinajstić information content (AvgIpc) is 2.30. The molecule has 0 aliphatic carbocycles. The first-order valence-electron chi connectivity index (χ1n) is 4.73. The van der Waals surface area contributed by atoms with Crippen LogP contribution in [0.2, 0.25) is 0 Å². The van der Waals surface area contributed by atoms with E-state index in [4.69, 9.17) is 10.8 Å². The maximum Gasteiger partial charge on any atom is 0.337 e. The van der Waals surface area contributed by atoms with E-state index in [0.717, 1.165) is 0 Å². The molecule has 1 rings (SSSR count). The first-order chi connectivity index (χ1) is 8.06. The fourth-order valence-electron chi connectivity index (χ4n) is 1.16. The number of ether oxygens (including phenoxy) is 1. The minimum absolute atomic E-state index is 0.0161. The van der Waals surface area contributed by atoms with Crippen LogP contribution in [0, 0.1) is 11.8 Å². The first-order valence-corrected chi connectivity index (χ1v) is 4.73. The second-order valence-corrected chi connectivity index (χ2v) is 3.13. The minimum Gasteiger partial charge on any atom is -0.478 e. The number of carbonyl (C=O) groups is 2. The van der Waals surface area contributed by atoms with Gasteiger partial charge < -0.3 is 15.6 Å². The van der Waals surface area contributed by atoms with Crippen LogP contribution in [-0.4, -0.2) is 24.2 Å². The molecule has 5 heteroatoms. The number of nitrogen functional groups attached to an aromatic ring is 1. The molecule has 1 aromatic carbocycles. The summed E-state index contributed by atoms with van der Waals surface area (Å²) in [5.74, 6) is 3.50. The molecule has 0 aromatic heterocycles. The summed E-state index contributed by atoms with van der Waals surface area (Å²) < 4.78 is 4.41. The number of rotatable bonds is 2. The number of methoxy groups -OCH3 is 1. The molecule has 0 saturated heterocycles. The Bertz CT molecular complexity index is 511. The summed E-state index contributed by atoms with van der Waals surface area (Å²) in [6, 6.07) is 4.49. The van der Waals surface area contributed by atoms with Gasteiger partial charge in [-0.2, -0.15) is 0 Å². The molecule has 0 saturated carbocycles. The number of anilines is 1. The van der Waals surface area contributed by atoms with Gasteiger partial charge in [-0.15, -0.1) is 0 Å². The highest BCUT2D eigenvalue weighted by atomic mass is 16.5. The third-order valence-corrected chi connectivity index (χ3v) is 2.00. The lowest BCUT2D eigenvalue weighted by atomic mass is 10.1. The normalized spacial score (nSPS) is 9.00. The molecule has 0 aliphatic rings. The molecule has 0 unspecified atom stereocenters. The summed E-state index contributed by atoms with van der Waals surface area (Å²) in [6.45, 7) is 0. The zero-order valence-corrected chi connectivity index (χ0v) is 9.19. The average molecular weight is 233 g/mol. The van der Waals surface area contributed by atoms with Gasteiger partial charge in [-0.25, -0.2) is 4.79 Å². The Labute approximate surface area is 98.2 Å². The van der Waals surface area contributed by atoms with E-state index >= 15 is 0 Å². The van der Waals surface area contributed by atoms with Crippen molar-refractivity contribution in [2.24, 2.45) is 0 Å². The van der Waals surface area contributed by atoms with Crippen molar-refractivity contribution in [3.05, 3.63) is 29.3 Å². The van der Waals surface area contributed by atoms with Gasteiger partial charge in [0.2, 0.25) is 0 Å². The molecule has 0 amide bonds. The largest absolute Gasteiger partial charge is 0.478 e. The molecular formula is C12H11NO4. The smallest absolute Gasteiger partial charge is 0.337 e. The highest BCUT2D eigenvalue weighted by Gasteiger charge is 2.10. The van der Waals surface area contributed by atoms with Crippen LogP contribution in [0.1, 0.15) is 22.3 Å². The summed E-state index contributed by atoms with van der Waals surface area (Å²) in [6.07, 6.45) is -0.107. The molecule has 88 valence electrons. The Morgan fingerprint density at radius 2 is 2.18 bits per heavy atom. The third kappa shape index (κ3) is 3.24. The highest BCUT2D eigenvalue weighted by molar-refractivity contribution is 5.93.